The largest absolute Gasteiger partial charge is 0.504 e. The fraction of sp³-hybridized carbons (Fsp3) is 0.105. The topological polar surface area (TPSA) is 96.4 Å². The number of methoxy groups -OCH3 is 2. The monoisotopic (exact) mass is 363 g/mol. The van der Waals surface area contributed by atoms with Crippen LogP contribution in [0.1, 0.15) is 0 Å². The van der Waals surface area contributed by atoms with Crippen molar-refractivity contribution >= 4 is 28.4 Å². The van der Waals surface area contributed by atoms with Crippen LogP contribution >= 0.6 is 0 Å². The maximum absolute atomic E-state index is 10.2. The highest BCUT2D eigenvalue weighted by Crippen LogP contribution is 2.38. The number of rotatable bonds is 5. The van der Waals surface area contributed by atoms with Crippen molar-refractivity contribution in [2.45, 2.75) is 0 Å². The Morgan fingerprint density at radius 2 is 1.85 bits per heavy atom. The van der Waals surface area contributed by atoms with Gasteiger partial charge in [0, 0.05) is 18.3 Å². The van der Waals surface area contributed by atoms with Gasteiger partial charge in [0.1, 0.15) is 5.75 Å². The lowest BCUT2D eigenvalue weighted by Gasteiger charge is -2.23. The van der Waals surface area contributed by atoms with E-state index < -0.39 is 0 Å². The summed E-state index contributed by atoms with van der Waals surface area (Å²) in [5.74, 6) is 1.52. The predicted molar refractivity (Wildman–Crippen MR) is 101 cm³/mol. The molecule has 2 heterocycles. The number of phenolic OH excluding ortho intramolecular Hbond substituents is 1. The minimum atomic E-state index is 0.0190. The maximum atomic E-state index is 10.2. The Morgan fingerprint density at radius 3 is 2.63 bits per heavy atom. The van der Waals surface area contributed by atoms with Gasteiger partial charge in [-0.1, -0.05) is 6.07 Å². The highest BCUT2D eigenvalue weighted by Gasteiger charge is 2.18. The molecule has 8 heteroatoms. The molecule has 2 N–H and O–H groups in total. The standard InChI is InChI=1S/C19H17N5O3/c1-26-15-5-3-4-13(8-15)24(14-6-7-17(27-2)16(25)9-14)19-20-10-12-11-21-23-18(12)22-19/h3-11,25H,1-2H3,(H,20,21,22,23). The van der Waals surface area contributed by atoms with E-state index in [4.69, 9.17) is 9.47 Å². The third-order valence-electron chi connectivity index (χ3n) is 4.11. The van der Waals surface area contributed by atoms with Crippen molar-refractivity contribution in [2.24, 2.45) is 0 Å². The Morgan fingerprint density at radius 1 is 1.00 bits per heavy atom. The molecular formula is C19H17N5O3. The Balaban J connectivity index is 1.89. The van der Waals surface area contributed by atoms with Crippen LogP contribution in [0.3, 0.4) is 0 Å². The Hall–Kier alpha value is -3.81. The van der Waals surface area contributed by atoms with E-state index in [1.54, 1.807) is 31.6 Å². The minimum absolute atomic E-state index is 0.0190. The van der Waals surface area contributed by atoms with Crippen LogP contribution in [0.15, 0.2) is 54.9 Å². The molecule has 0 atom stereocenters. The summed E-state index contributed by atoms with van der Waals surface area (Å²) in [5.41, 5.74) is 2.06. The average molecular weight is 363 g/mol. The first-order valence-corrected chi connectivity index (χ1v) is 8.17. The molecule has 4 rings (SSSR count). The maximum Gasteiger partial charge on any atom is 0.236 e. The van der Waals surface area contributed by atoms with E-state index in [0.29, 0.717) is 28.8 Å². The van der Waals surface area contributed by atoms with Crippen molar-refractivity contribution in [3.05, 3.63) is 54.9 Å². The molecule has 0 aliphatic carbocycles. The number of phenols is 1. The number of hydrogen-bond donors (Lipinski definition) is 2. The Bertz CT molecular complexity index is 1100. The van der Waals surface area contributed by atoms with Gasteiger partial charge in [-0.25, -0.2) is 4.98 Å². The number of fused-ring (bicyclic) bond motifs is 1. The van der Waals surface area contributed by atoms with E-state index in [1.165, 1.54) is 7.11 Å². The lowest BCUT2D eigenvalue weighted by Crippen LogP contribution is -2.13. The first kappa shape index (κ1) is 16.6. The third-order valence-corrected chi connectivity index (χ3v) is 4.11. The number of aromatic amines is 1. The minimum Gasteiger partial charge on any atom is -0.504 e. The summed E-state index contributed by atoms with van der Waals surface area (Å²) in [6, 6.07) is 12.6. The van der Waals surface area contributed by atoms with Crippen LogP contribution in [0, 0.1) is 0 Å². The van der Waals surface area contributed by atoms with Gasteiger partial charge in [0.15, 0.2) is 17.1 Å². The fourth-order valence-electron chi connectivity index (χ4n) is 2.78. The van der Waals surface area contributed by atoms with Crippen molar-refractivity contribution < 1.29 is 14.6 Å². The highest BCUT2D eigenvalue weighted by atomic mass is 16.5. The number of hydrogen-bond acceptors (Lipinski definition) is 7. The van der Waals surface area contributed by atoms with Gasteiger partial charge in [-0.2, -0.15) is 10.1 Å². The van der Waals surface area contributed by atoms with Crippen molar-refractivity contribution in [3.63, 3.8) is 0 Å². The summed E-state index contributed by atoms with van der Waals surface area (Å²) in [4.78, 5) is 10.8. The van der Waals surface area contributed by atoms with Gasteiger partial charge < -0.3 is 14.6 Å². The summed E-state index contributed by atoms with van der Waals surface area (Å²) >= 11 is 0. The molecule has 0 bridgehead atoms. The van der Waals surface area contributed by atoms with E-state index in [9.17, 15) is 5.11 Å². The second kappa shape index (κ2) is 6.83. The molecule has 2 aromatic heterocycles. The number of ether oxygens (including phenoxy) is 2. The molecule has 0 saturated carbocycles. The Kier molecular flexibility index (Phi) is 4.21. The smallest absolute Gasteiger partial charge is 0.236 e. The van der Waals surface area contributed by atoms with Gasteiger partial charge in [-0.05, 0) is 24.3 Å². The number of anilines is 3. The molecule has 8 nitrogen and oxygen atoms in total. The van der Waals surface area contributed by atoms with E-state index in [2.05, 4.69) is 20.2 Å². The van der Waals surface area contributed by atoms with Gasteiger partial charge in [-0.3, -0.25) is 10.00 Å². The molecule has 2 aromatic carbocycles. The SMILES string of the molecule is COc1cccc(N(c2ccc(OC)c(O)c2)c2ncc3cn[nH]c3n2)c1. The third kappa shape index (κ3) is 3.08. The summed E-state index contributed by atoms with van der Waals surface area (Å²) in [6.07, 6.45) is 3.35. The quantitative estimate of drug-likeness (QED) is 0.560. The number of nitrogens with one attached hydrogen (secondary N) is 1. The van der Waals surface area contributed by atoms with Crippen LogP contribution in [-0.2, 0) is 0 Å². The highest BCUT2D eigenvalue weighted by molar-refractivity contribution is 5.79. The summed E-state index contributed by atoms with van der Waals surface area (Å²) in [7, 11) is 3.11. The van der Waals surface area contributed by atoms with E-state index in [-0.39, 0.29) is 5.75 Å². The molecule has 4 aromatic rings. The Labute approximate surface area is 155 Å². The summed E-state index contributed by atoms with van der Waals surface area (Å²) in [6.45, 7) is 0. The molecule has 0 aliphatic rings. The summed E-state index contributed by atoms with van der Waals surface area (Å²) < 4.78 is 10.5. The second-order valence-corrected chi connectivity index (χ2v) is 5.74. The molecule has 27 heavy (non-hydrogen) atoms. The molecule has 0 amide bonds. The second-order valence-electron chi connectivity index (χ2n) is 5.74. The first-order chi connectivity index (χ1) is 13.2. The van der Waals surface area contributed by atoms with Crippen LogP contribution in [-0.4, -0.2) is 39.5 Å². The number of aromatic nitrogens is 4. The van der Waals surface area contributed by atoms with Gasteiger partial charge in [0.25, 0.3) is 0 Å². The first-order valence-electron chi connectivity index (χ1n) is 8.17. The summed E-state index contributed by atoms with van der Waals surface area (Å²) in [5, 5.41) is 17.9. The predicted octanol–water partition coefficient (Wildman–Crippen LogP) is 3.55. The van der Waals surface area contributed by atoms with Gasteiger partial charge >= 0.3 is 0 Å². The van der Waals surface area contributed by atoms with E-state index in [1.807, 2.05) is 35.2 Å². The number of H-pyrrole nitrogens is 1. The molecular weight excluding hydrogens is 346 g/mol. The van der Waals surface area contributed by atoms with Crippen molar-refractivity contribution in [3.8, 4) is 17.2 Å². The van der Waals surface area contributed by atoms with Gasteiger partial charge in [0.2, 0.25) is 5.95 Å². The van der Waals surface area contributed by atoms with Crippen LogP contribution < -0.4 is 14.4 Å². The van der Waals surface area contributed by atoms with Crippen LogP contribution in [0.25, 0.3) is 11.0 Å². The zero-order valence-electron chi connectivity index (χ0n) is 14.7. The molecule has 0 saturated heterocycles. The zero-order chi connectivity index (χ0) is 18.8. The van der Waals surface area contributed by atoms with Crippen LogP contribution in [0.2, 0.25) is 0 Å². The molecule has 0 unspecified atom stereocenters. The lowest BCUT2D eigenvalue weighted by molar-refractivity contribution is 0.373. The van der Waals surface area contributed by atoms with Gasteiger partial charge in [-0.15, -0.1) is 0 Å². The van der Waals surface area contributed by atoms with Crippen LogP contribution in [0.5, 0.6) is 17.2 Å². The van der Waals surface area contributed by atoms with Crippen molar-refractivity contribution in [2.75, 3.05) is 19.1 Å². The van der Waals surface area contributed by atoms with Gasteiger partial charge in [0.05, 0.1) is 37.2 Å². The number of benzene rings is 2. The molecule has 0 radical (unpaired) electrons. The normalized spacial score (nSPS) is 10.7. The van der Waals surface area contributed by atoms with E-state index >= 15 is 0 Å². The molecule has 0 spiro atoms. The number of aromatic hydroxyl groups is 1. The van der Waals surface area contributed by atoms with Crippen LogP contribution in [0.4, 0.5) is 17.3 Å². The van der Waals surface area contributed by atoms with Crippen molar-refractivity contribution in [1.29, 1.82) is 0 Å². The average Bonchev–Trinajstić information content (AvgIpc) is 3.16. The zero-order valence-corrected chi connectivity index (χ0v) is 14.7. The fourth-order valence-corrected chi connectivity index (χ4v) is 2.78. The molecule has 0 fully saturated rings. The van der Waals surface area contributed by atoms with E-state index in [0.717, 1.165) is 11.1 Å². The van der Waals surface area contributed by atoms with Crippen molar-refractivity contribution in [1.82, 2.24) is 20.2 Å². The molecule has 136 valence electrons. The number of nitrogens with zero attached hydrogens (tertiary/aromatic N) is 4. The lowest BCUT2D eigenvalue weighted by atomic mass is 10.2. The molecule has 0 aliphatic heterocycles.